The Morgan fingerprint density at radius 3 is 2.22 bits per heavy atom. The fourth-order valence-corrected chi connectivity index (χ4v) is 4.06. The van der Waals surface area contributed by atoms with Gasteiger partial charge in [-0.1, -0.05) is 46.9 Å². The van der Waals surface area contributed by atoms with Crippen molar-refractivity contribution >= 4 is 69.6 Å². The molecule has 12 heteroatoms. The van der Waals surface area contributed by atoms with E-state index >= 15 is 0 Å². The van der Waals surface area contributed by atoms with Gasteiger partial charge in [0.1, 0.15) is 10.7 Å². The first-order valence-electron chi connectivity index (χ1n) is 10.0. The average molecular weight is 555 g/mol. The van der Waals surface area contributed by atoms with Crippen LogP contribution in [-0.2, 0) is 15.8 Å². The van der Waals surface area contributed by atoms with Crippen molar-refractivity contribution in [1.82, 2.24) is 0 Å². The number of carbonyl (C=O) groups excluding carboxylic acids is 3. The minimum atomic E-state index is -4.56. The van der Waals surface area contributed by atoms with Crippen molar-refractivity contribution in [1.29, 1.82) is 0 Å². The molecule has 3 amide bonds. The summed E-state index contributed by atoms with van der Waals surface area (Å²) >= 11 is 18.1. The number of carbonyl (C=O) groups is 3. The number of rotatable bonds is 5. The van der Waals surface area contributed by atoms with E-state index in [-0.39, 0.29) is 33.3 Å². The molecule has 3 aromatic rings. The van der Waals surface area contributed by atoms with E-state index in [4.69, 9.17) is 34.8 Å². The van der Waals surface area contributed by atoms with Gasteiger partial charge in [-0.3, -0.25) is 14.4 Å². The first-order valence-corrected chi connectivity index (χ1v) is 11.2. The van der Waals surface area contributed by atoms with Crippen LogP contribution < -0.4 is 15.5 Å². The van der Waals surface area contributed by atoms with Crippen molar-refractivity contribution in [2.24, 2.45) is 0 Å². The molecule has 0 atom stereocenters. The SMILES string of the molecule is O=C(Nc1cccc(C(F)(F)F)c1)c1cccc(NC2=C(Cl)C(=O)N(c3ccc(Cl)cc3Cl)C2=O)c1. The zero-order valence-corrected chi connectivity index (χ0v) is 20.1. The molecule has 36 heavy (non-hydrogen) atoms. The van der Waals surface area contributed by atoms with Crippen LogP contribution in [0.3, 0.4) is 0 Å². The smallest absolute Gasteiger partial charge is 0.350 e. The van der Waals surface area contributed by atoms with Crippen LogP contribution in [0.5, 0.6) is 0 Å². The third kappa shape index (κ3) is 5.18. The molecule has 1 aliphatic heterocycles. The first kappa shape index (κ1) is 25.6. The molecule has 0 spiro atoms. The number of hydrogen-bond acceptors (Lipinski definition) is 4. The summed E-state index contributed by atoms with van der Waals surface area (Å²) in [5, 5.41) is 5.09. The van der Waals surface area contributed by atoms with Crippen LogP contribution in [0.15, 0.2) is 77.5 Å². The van der Waals surface area contributed by atoms with E-state index in [9.17, 15) is 27.6 Å². The molecule has 0 saturated carbocycles. The molecule has 0 bridgehead atoms. The maximum atomic E-state index is 13.0. The molecule has 6 nitrogen and oxygen atoms in total. The largest absolute Gasteiger partial charge is 0.416 e. The Kier molecular flexibility index (Phi) is 6.99. The summed E-state index contributed by atoms with van der Waals surface area (Å²) in [7, 11) is 0. The molecule has 0 unspecified atom stereocenters. The minimum Gasteiger partial charge on any atom is -0.350 e. The standard InChI is InChI=1S/C24H13Cl3F3N3O3/c25-14-7-8-18(17(26)11-14)33-22(35)19(27)20(23(33)36)31-15-5-1-3-12(9-15)21(34)32-16-6-2-4-13(10-16)24(28,29)30/h1-11,31H,(H,32,34). The lowest BCUT2D eigenvalue weighted by Gasteiger charge is -2.17. The molecular formula is C24H13Cl3F3N3O3. The highest BCUT2D eigenvalue weighted by Gasteiger charge is 2.40. The Bertz CT molecular complexity index is 1440. The average Bonchev–Trinajstić information content (AvgIpc) is 3.02. The molecule has 0 aromatic heterocycles. The third-order valence-electron chi connectivity index (χ3n) is 5.02. The van der Waals surface area contributed by atoms with Gasteiger partial charge in [-0.05, 0) is 54.6 Å². The van der Waals surface area contributed by atoms with Gasteiger partial charge >= 0.3 is 6.18 Å². The lowest BCUT2D eigenvalue weighted by Crippen LogP contribution is -2.32. The fourth-order valence-electron chi connectivity index (χ4n) is 3.35. The van der Waals surface area contributed by atoms with E-state index in [1.165, 1.54) is 54.6 Å². The Morgan fingerprint density at radius 1 is 0.833 bits per heavy atom. The molecule has 0 saturated heterocycles. The number of hydrogen-bond donors (Lipinski definition) is 2. The number of nitrogens with zero attached hydrogens (tertiary/aromatic N) is 1. The number of benzene rings is 3. The molecule has 0 fully saturated rings. The molecule has 3 aromatic carbocycles. The van der Waals surface area contributed by atoms with Crippen molar-refractivity contribution in [3.63, 3.8) is 0 Å². The third-order valence-corrected chi connectivity index (χ3v) is 5.91. The summed E-state index contributed by atoms with van der Waals surface area (Å²) in [6.45, 7) is 0. The second-order valence-corrected chi connectivity index (χ2v) is 8.69. The van der Waals surface area contributed by atoms with Crippen LogP contribution in [0.2, 0.25) is 10.0 Å². The van der Waals surface area contributed by atoms with Gasteiger partial charge in [-0.15, -0.1) is 0 Å². The molecule has 1 heterocycles. The number of nitrogens with one attached hydrogen (secondary N) is 2. The summed E-state index contributed by atoms with van der Waals surface area (Å²) in [4.78, 5) is 39.1. The van der Waals surface area contributed by atoms with Crippen molar-refractivity contribution in [3.05, 3.63) is 98.6 Å². The highest BCUT2D eigenvalue weighted by atomic mass is 35.5. The summed E-state index contributed by atoms with van der Waals surface area (Å²) < 4.78 is 38.8. The first-order chi connectivity index (χ1) is 17.0. The van der Waals surface area contributed by atoms with Crippen LogP contribution >= 0.6 is 34.8 Å². The Labute approximate surface area is 217 Å². The predicted molar refractivity (Wildman–Crippen MR) is 131 cm³/mol. The van der Waals surface area contributed by atoms with E-state index < -0.39 is 34.5 Å². The number of imide groups is 1. The van der Waals surface area contributed by atoms with E-state index in [2.05, 4.69) is 10.6 Å². The molecule has 4 rings (SSSR count). The van der Waals surface area contributed by atoms with Crippen molar-refractivity contribution in [3.8, 4) is 0 Å². The van der Waals surface area contributed by atoms with Crippen LogP contribution in [0.4, 0.5) is 30.2 Å². The lowest BCUT2D eigenvalue weighted by atomic mass is 10.1. The predicted octanol–water partition coefficient (Wildman–Crippen LogP) is 6.70. The molecule has 184 valence electrons. The van der Waals surface area contributed by atoms with Crippen molar-refractivity contribution in [2.75, 3.05) is 15.5 Å². The van der Waals surface area contributed by atoms with E-state index in [0.29, 0.717) is 5.02 Å². The molecule has 0 radical (unpaired) electrons. The Hall–Kier alpha value is -3.53. The summed E-state index contributed by atoms with van der Waals surface area (Å²) in [5.74, 6) is -2.29. The molecule has 2 N–H and O–H groups in total. The number of anilines is 3. The van der Waals surface area contributed by atoms with Gasteiger partial charge in [0, 0.05) is 22.0 Å². The monoisotopic (exact) mass is 553 g/mol. The van der Waals surface area contributed by atoms with Gasteiger partial charge < -0.3 is 10.6 Å². The normalized spacial score (nSPS) is 13.9. The fraction of sp³-hybridized carbons (Fsp3) is 0.0417. The van der Waals surface area contributed by atoms with Gasteiger partial charge in [-0.2, -0.15) is 13.2 Å². The second-order valence-electron chi connectivity index (χ2n) is 7.47. The highest BCUT2D eigenvalue weighted by molar-refractivity contribution is 6.54. The summed E-state index contributed by atoms with van der Waals surface area (Å²) in [6, 6.07) is 14.2. The number of halogens is 6. The van der Waals surface area contributed by atoms with E-state index in [1.54, 1.807) is 0 Å². The van der Waals surface area contributed by atoms with E-state index in [1.807, 2.05) is 0 Å². The van der Waals surface area contributed by atoms with Crippen molar-refractivity contribution < 1.29 is 27.6 Å². The summed E-state index contributed by atoms with van der Waals surface area (Å²) in [6.07, 6.45) is -4.56. The van der Waals surface area contributed by atoms with Crippen LogP contribution in [0.25, 0.3) is 0 Å². The molecular weight excluding hydrogens is 542 g/mol. The van der Waals surface area contributed by atoms with Gasteiger partial charge in [0.05, 0.1) is 16.3 Å². The summed E-state index contributed by atoms with van der Waals surface area (Å²) in [5.41, 5.74) is -0.824. The molecule has 1 aliphatic rings. The maximum absolute atomic E-state index is 13.0. The quantitative estimate of drug-likeness (QED) is 0.344. The highest BCUT2D eigenvalue weighted by Crippen LogP contribution is 2.36. The van der Waals surface area contributed by atoms with Crippen molar-refractivity contribution in [2.45, 2.75) is 6.18 Å². The lowest BCUT2D eigenvalue weighted by molar-refractivity contribution is -0.137. The minimum absolute atomic E-state index is 0.0500. The molecule has 0 aliphatic carbocycles. The topological polar surface area (TPSA) is 78.5 Å². The van der Waals surface area contributed by atoms with Crippen LogP contribution in [-0.4, -0.2) is 17.7 Å². The maximum Gasteiger partial charge on any atom is 0.416 e. The van der Waals surface area contributed by atoms with Gasteiger partial charge in [0.15, 0.2) is 0 Å². The number of alkyl halides is 3. The van der Waals surface area contributed by atoms with Gasteiger partial charge in [0.25, 0.3) is 17.7 Å². The zero-order valence-electron chi connectivity index (χ0n) is 17.8. The zero-order chi connectivity index (χ0) is 26.2. The van der Waals surface area contributed by atoms with E-state index in [0.717, 1.165) is 17.0 Å². The number of amides is 3. The van der Waals surface area contributed by atoms with Crippen LogP contribution in [0.1, 0.15) is 15.9 Å². The Balaban J connectivity index is 1.54. The van der Waals surface area contributed by atoms with Gasteiger partial charge in [-0.25, -0.2) is 4.90 Å². The van der Waals surface area contributed by atoms with Gasteiger partial charge in [0.2, 0.25) is 0 Å². The Morgan fingerprint density at radius 2 is 1.53 bits per heavy atom. The second kappa shape index (κ2) is 9.85. The van der Waals surface area contributed by atoms with Crippen LogP contribution in [0, 0.1) is 0 Å².